The maximum Gasteiger partial charge on any atom is 0.253 e. The molecule has 5 nitrogen and oxygen atoms in total. The van der Waals surface area contributed by atoms with E-state index in [2.05, 4.69) is 16.4 Å². The first-order valence-corrected chi connectivity index (χ1v) is 11.2. The molecule has 2 N–H and O–H groups in total. The summed E-state index contributed by atoms with van der Waals surface area (Å²) in [7, 11) is 1.65. The highest BCUT2D eigenvalue weighted by atomic mass is 32.1. The summed E-state index contributed by atoms with van der Waals surface area (Å²) in [6, 6.07) is 23.9. The molecule has 0 fully saturated rings. The molecule has 1 aromatic heterocycles. The largest absolute Gasteiger partial charge is 0.497 e. The number of hydrogen-bond acceptors (Lipinski definition) is 3. The van der Waals surface area contributed by atoms with Crippen LogP contribution in [0.25, 0.3) is 10.9 Å². The van der Waals surface area contributed by atoms with E-state index in [4.69, 9.17) is 17.0 Å². The van der Waals surface area contributed by atoms with Gasteiger partial charge in [-0.1, -0.05) is 35.9 Å². The Labute approximate surface area is 199 Å². The minimum absolute atomic E-state index is 0.107. The lowest BCUT2D eigenvalue weighted by Crippen LogP contribution is -2.35. The number of fused-ring (bicyclic) bond motifs is 1. The number of H-pyrrole nitrogens is 1. The molecule has 0 saturated carbocycles. The summed E-state index contributed by atoms with van der Waals surface area (Å²) >= 11 is 5.79. The van der Waals surface area contributed by atoms with Gasteiger partial charge < -0.3 is 19.9 Å². The van der Waals surface area contributed by atoms with Crippen molar-refractivity contribution in [1.82, 2.24) is 9.88 Å². The van der Waals surface area contributed by atoms with Crippen LogP contribution >= 0.6 is 12.2 Å². The van der Waals surface area contributed by atoms with Crippen molar-refractivity contribution in [3.05, 3.63) is 105 Å². The van der Waals surface area contributed by atoms with Crippen LogP contribution in [0.4, 0.5) is 5.69 Å². The molecular formula is C27H27N3O2S. The Kier molecular flexibility index (Phi) is 6.75. The second kappa shape index (κ2) is 9.88. The molecule has 0 amide bonds. The number of benzene rings is 3. The van der Waals surface area contributed by atoms with Crippen LogP contribution in [0, 0.1) is 13.8 Å². The summed E-state index contributed by atoms with van der Waals surface area (Å²) in [5, 5.41) is 4.89. The molecule has 4 rings (SSSR count). The Morgan fingerprint density at radius 1 is 0.970 bits per heavy atom. The highest BCUT2D eigenvalue weighted by molar-refractivity contribution is 7.80. The Hall–Kier alpha value is -3.64. The maximum atomic E-state index is 12.9. The van der Waals surface area contributed by atoms with Gasteiger partial charge in [-0.25, -0.2) is 0 Å². The Balaban J connectivity index is 1.65. The number of aryl methyl sites for hydroxylation is 2. The molecular weight excluding hydrogens is 430 g/mol. The van der Waals surface area contributed by atoms with E-state index in [1.165, 1.54) is 0 Å². The van der Waals surface area contributed by atoms with Crippen LogP contribution in [-0.2, 0) is 13.1 Å². The third-order valence-corrected chi connectivity index (χ3v) is 5.89. The third kappa shape index (κ3) is 5.59. The number of pyridine rings is 1. The highest BCUT2D eigenvalue weighted by Gasteiger charge is 2.15. The van der Waals surface area contributed by atoms with E-state index in [0.717, 1.165) is 39.0 Å². The maximum absolute atomic E-state index is 12.9. The number of anilines is 1. The minimum atomic E-state index is -0.107. The summed E-state index contributed by atoms with van der Waals surface area (Å²) in [6.07, 6.45) is 0. The average molecular weight is 458 g/mol. The van der Waals surface area contributed by atoms with Crippen LogP contribution in [0.2, 0.25) is 0 Å². The zero-order valence-electron chi connectivity index (χ0n) is 19.0. The number of aromatic nitrogens is 1. The van der Waals surface area contributed by atoms with Gasteiger partial charge in [-0.15, -0.1) is 0 Å². The van der Waals surface area contributed by atoms with E-state index in [-0.39, 0.29) is 5.56 Å². The SMILES string of the molecule is COc1ccc(CN(Cc2cc3cc(C)ccc3[nH]c2=O)C(=S)Nc2cccc(C)c2)cc1. The molecule has 0 bridgehead atoms. The van der Waals surface area contributed by atoms with Crippen LogP contribution in [0.5, 0.6) is 5.75 Å². The second-order valence-electron chi connectivity index (χ2n) is 8.22. The topological polar surface area (TPSA) is 57.4 Å². The molecule has 0 aliphatic heterocycles. The lowest BCUT2D eigenvalue weighted by Gasteiger charge is -2.26. The Bertz CT molecular complexity index is 1350. The van der Waals surface area contributed by atoms with Gasteiger partial charge in [0.25, 0.3) is 5.56 Å². The molecule has 4 aromatic rings. The lowest BCUT2D eigenvalue weighted by atomic mass is 10.1. The molecule has 0 atom stereocenters. The fourth-order valence-corrected chi connectivity index (χ4v) is 4.02. The summed E-state index contributed by atoms with van der Waals surface area (Å²) in [5.74, 6) is 0.798. The number of nitrogens with zero attached hydrogens (tertiary/aromatic N) is 1. The van der Waals surface area contributed by atoms with Crippen molar-refractivity contribution in [2.75, 3.05) is 12.4 Å². The minimum Gasteiger partial charge on any atom is -0.497 e. The van der Waals surface area contributed by atoms with Gasteiger partial charge in [0.05, 0.1) is 13.7 Å². The number of rotatable bonds is 6. The number of hydrogen-bond donors (Lipinski definition) is 2. The van der Waals surface area contributed by atoms with Crippen LogP contribution in [0.3, 0.4) is 0 Å². The van der Waals surface area contributed by atoms with E-state index in [0.29, 0.717) is 23.8 Å². The van der Waals surface area contributed by atoms with Gasteiger partial charge in [0.1, 0.15) is 5.75 Å². The van der Waals surface area contributed by atoms with Gasteiger partial charge in [0.15, 0.2) is 5.11 Å². The van der Waals surface area contributed by atoms with Gasteiger partial charge in [0.2, 0.25) is 0 Å². The van der Waals surface area contributed by atoms with Crippen molar-refractivity contribution in [1.29, 1.82) is 0 Å². The number of ether oxygens (including phenoxy) is 1. The van der Waals surface area contributed by atoms with Crippen molar-refractivity contribution >= 4 is 33.9 Å². The first-order chi connectivity index (χ1) is 15.9. The smallest absolute Gasteiger partial charge is 0.253 e. The van der Waals surface area contributed by atoms with Crippen molar-refractivity contribution in [2.24, 2.45) is 0 Å². The molecule has 3 aromatic carbocycles. The zero-order chi connectivity index (χ0) is 23.4. The van der Waals surface area contributed by atoms with Crippen LogP contribution in [0.15, 0.2) is 77.6 Å². The first-order valence-electron chi connectivity index (χ1n) is 10.8. The lowest BCUT2D eigenvalue weighted by molar-refractivity contribution is 0.406. The second-order valence-corrected chi connectivity index (χ2v) is 8.60. The van der Waals surface area contributed by atoms with Gasteiger partial charge in [-0.2, -0.15) is 0 Å². The molecule has 0 spiro atoms. The quantitative estimate of drug-likeness (QED) is 0.372. The molecule has 6 heteroatoms. The number of methoxy groups -OCH3 is 1. The van der Waals surface area contributed by atoms with Crippen LogP contribution < -0.4 is 15.6 Å². The number of thiocarbonyl (C=S) groups is 1. The molecule has 0 aliphatic rings. The summed E-state index contributed by atoms with van der Waals surface area (Å²) < 4.78 is 5.28. The van der Waals surface area contributed by atoms with Crippen LogP contribution in [-0.4, -0.2) is 22.1 Å². The normalized spacial score (nSPS) is 10.8. The van der Waals surface area contributed by atoms with Gasteiger partial charge in [-0.3, -0.25) is 4.79 Å². The van der Waals surface area contributed by atoms with E-state index >= 15 is 0 Å². The standard InChI is InChI=1S/C27H27N3O2S/c1-18-5-4-6-23(14-18)28-27(33)30(16-20-8-10-24(32-3)11-9-20)17-22-15-21-13-19(2)7-12-25(21)29-26(22)31/h4-15H,16-17H2,1-3H3,(H,28,33)(H,29,31). The zero-order valence-corrected chi connectivity index (χ0v) is 19.8. The molecule has 33 heavy (non-hydrogen) atoms. The summed E-state index contributed by atoms with van der Waals surface area (Å²) in [4.78, 5) is 17.9. The number of nitrogens with one attached hydrogen (secondary N) is 2. The average Bonchev–Trinajstić information content (AvgIpc) is 2.80. The van der Waals surface area contributed by atoms with Gasteiger partial charge >= 0.3 is 0 Å². The Morgan fingerprint density at radius 2 is 1.73 bits per heavy atom. The molecule has 1 heterocycles. The summed E-state index contributed by atoms with van der Waals surface area (Å²) in [6.45, 7) is 5.01. The van der Waals surface area contributed by atoms with E-state index in [1.807, 2.05) is 85.5 Å². The third-order valence-electron chi connectivity index (χ3n) is 5.53. The predicted octanol–water partition coefficient (Wildman–Crippen LogP) is 5.55. The van der Waals surface area contributed by atoms with E-state index in [9.17, 15) is 4.79 Å². The van der Waals surface area contributed by atoms with Crippen molar-refractivity contribution < 1.29 is 4.74 Å². The predicted molar refractivity (Wildman–Crippen MR) is 139 cm³/mol. The van der Waals surface area contributed by atoms with Gasteiger partial charge in [-0.05, 0) is 85.0 Å². The molecule has 168 valence electrons. The molecule has 0 aliphatic carbocycles. The fourth-order valence-electron chi connectivity index (χ4n) is 3.77. The van der Waals surface area contributed by atoms with E-state index in [1.54, 1.807) is 7.11 Å². The van der Waals surface area contributed by atoms with Gasteiger partial charge in [0, 0.05) is 23.3 Å². The monoisotopic (exact) mass is 457 g/mol. The fraction of sp³-hybridized carbons (Fsp3) is 0.185. The first kappa shape index (κ1) is 22.6. The van der Waals surface area contributed by atoms with Crippen molar-refractivity contribution in [3.63, 3.8) is 0 Å². The Morgan fingerprint density at radius 3 is 2.45 bits per heavy atom. The number of aromatic amines is 1. The van der Waals surface area contributed by atoms with E-state index < -0.39 is 0 Å². The van der Waals surface area contributed by atoms with Crippen molar-refractivity contribution in [2.45, 2.75) is 26.9 Å². The van der Waals surface area contributed by atoms with Crippen molar-refractivity contribution in [3.8, 4) is 5.75 Å². The summed E-state index contributed by atoms with van der Waals surface area (Å²) in [5.41, 5.74) is 5.66. The molecule has 0 unspecified atom stereocenters. The molecule has 0 radical (unpaired) electrons. The molecule has 0 saturated heterocycles. The highest BCUT2D eigenvalue weighted by Crippen LogP contribution is 2.18. The van der Waals surface area contributed by atoms with Crippen LogP contribution in [0.1, 0.15) is 22.3 Å².